The minimum atomic E-state index is -0.512. The second-order valence-electron chi connectivity index (χ2n) is 8.22. The van der Waals surface area contributed by atoms with Crippen molar-refractivity contribution in [3.63, 3.8) is 0 Å². The molecule has 8 heteroatoms. The summed E-state index contributed by atoms with van der Waals surface area (Å²) in [5.74, 6) is 0.968. The SMILES string of the molecule is CC(C)(C)OC(=O)NCCCC(=O)N1CC[NH+](CCOc2ccc(Cl)cc2)CC1. The zero-order valence-corrected chi connectivity index (χ0v) is 18.4. The Morgan fingerprint density at radius 3 is 2.45 bits per heavy atom. The molecular formula is C21H33ClN3O4+. The van der Waals surface area contributed by atoms with E-state index in [-0.39, 0.29) is 5.91 Å². The third-order valence-electron chi connectivity index (χ3n) is 4.60. The van der Waals surface area contributed by atoms with Crippen LogP contribution in [-0.4, -0.2) is 68.4 Å². The second-order valence-corrected chi connectivity index (χ2v) is 8.65. The van der Waals surface area contributed by atoms with Crippen LogP contribution >= 0.6 is 11.6 Å². The molecule has 1 heterocycles. The number of quaternary nitrogens is 1. The van der Waals surface area contributed by atoms with Crippen LogP contribution in [0.25, 0.3) is 0 Å². The normalized spacial score (nSPS) is 15.1. The molecule has 0 atom stereocenters. The number of carbonyl (C=O) groups excluding carboxylic acids is 2. The van der Waals surface area contributed by atoms with Gasteiger partial charge in [0.15, 0.2) is 0 Å². The molecular weight excluding hydrogens is 394 g/mol. The number of halogens is 1. The highest BCUT2D eigenvalue weighted by Gasteiger charge is 2.23. The van der Waals surface area contributed by atoms with Gasteiger partial charge in [0.05, 0.1) is 26.2 Å². The molecule has 2 N–H and O–H groups in total. The summed E-state index contributed by atoms with van der Waals surface area (Å²) in [6, 6.07) is 7.37. The van der Waals surface area contributed by atoms with Gasteiger partial charge in [0.1, 0.15) is 24.5 Å². The molecule has 1 aromatic rings. The van der Waals surface area contributed by atoms with Gasteiger partial charge >= 0.3 is 6.09 Å². The zero-order valence-electron chi connectivity index (χ0n) is 17.6. The minimum Gasteiger partial charge on any atom is -0.488 e. The largest absolute Gasteiger partial charge is 0.488 e. The number of hydrogen-bond acceptors (Lipinski definition) is 4. The fourth-order valence-electron chi connectivity index (χ4n) is 3.07. The number of piperazine rings is 1. The Balaban J connectivity index is 1.55. The average Bonchev–Trinajstić information content (AvgIpc) is 2.66. The van der Waals surface area contributed by atoms with E-state index in [4.69, 9.17) is 21.1 Å². The first-order chi connectivity index (χ1) is 13.7. The highest BCUT2D eigenvalue weighted by Crippen LogP contribution is 2.15. The predicted octanol–water partition coefficient (Wildman–Crippen LogP) is 1.75. The molecule has 0 radical (unpaired) electrons. The molecule has 0 spiro atoms. The van der Waals surface area contributed by atoms with E-state index in [2.05, 4.69) is 5.32 Å². The Labute approximate surface area is 178 Å². The average molecular weight is 427 g/mol. The summed E-state index contributed by atoms with van der Waals surface area (Å²) in [6.07, 6.45) is 0.605. The number of hydrogen-bond donors (Lipinski definition) is 2. The van der Waals surface area contributed by atoms with E-state index in [9.17, 15) is 9.59 Å². The van der Waals surface area contributed by atoms with Crippen molar-refractivity contribution in [1.82, 2.24) is 10.2 Å². The smallest absolute Gasteiger partial charge is 0.407 e. The van der Waals surface area contributed by atoms with Crippen molar-refractivity contribution in [3.05, 3.63) is 29.3 Å². The van der Waals surface area contributed by atoms with Gasteiger partial charge in [-0.25, -0.2) is 4.79 Å². The number of amides is 2. The van der Waals surface area contributed by atoms with E-state index in [0.29, 0.717) is 31.0 Å². The molecule has 0 aromatic heterocycles. The lowest BCUT2D eigenvalue weighted by Crippen LogP contribution is -3.15. The maximum absolute atomic E-state index is 12.3. The Morgan fingerprint density at radius 2 is 1.83 bits per heavy atom. The number of benzene rings is 1. The number of nitrogens with zero attached hydrogens (tertiary/aromatic N) is 1. The van der Waals surface area contributed by atoms with Crippen molar-refractivity contribution in [2.45, 2.75) is 39.2 Å². The topological polar surface area (TPSA) is 72.3 Å². The van der Waals surface area contributed by atoms with Crippen molar-refractivity contribution < 1.29 is 24.0 Å². The van der Waals surface area contributed by atoms with E-state index in [1.165, 1.54) is 4.90 Å². The molecule has 7 nitrogen and oxygen atoms in total. The number of ether oxygens (including phenoxy) is 2. The Hall–Kier alpha value is -1.99. The maximum Gasteiger partial charge on any atom is 0.407 e. The van der Waals surface area contributed by atoms with Gasteiger partial charge in [-0.15, -0.1) is 0 Å². The molecule has 162 valence electrons. The monoisotopic (exact) mass is 426 g/mol. The quantitative estimate of drug-likeness (QED) is 0.621. The molecule has 1 aromatic carbocycles. The third-order valence-corrected chi connectivity index (χ3v) is 4.85. The predicted molar refractivity (Wildman–Crippen MR) is 113 cm³/mol. The van der Waals surface area contributed by atoms with E-state index >= 15 is 0 Å². The maximum atomic E-state index is 12.3. The van der Waals surface area contributed by atoms with Crippen LogP contribution in [0.3, 0.4) is 0 Å². The summed E-state index contributed by atoms with van der Waals surface area (Å²) in [4.78, 5) is 27.3. The van der Waals surface area contributed by atoms with Crippen LogP contribution in [0.4, 0.5) is 4.79 Å². The first-order valence-electron chi connectivity index (χ1n) is 10.2. The van der Waals surface area contributed by atoms with Crippen LogP contribution in [0.15, 0.2) is 24.3 Å². The van der Waals surface area contributed by atoms with Crippen molar-refractivity contribution in [2.75, 3.05) is 45.9 Å². The van der Waals surface area contributed by atoms with Gasteiger partial charge in [-0.1, -0.05) is 11.6 Å². The van der Waals surface area contributed by atoms with Crippen LogP contribution < -0.4 is 15.0 Å². The molecule has 0 unspecified atom stereocenters. The Bertz CT molecular complexity index is 653. The van der Waals surface area contributed by atoms with E-state index in [1.807, 2.05) is 49.9 Å². The molecule has 1 fully saturated rings. The summed E-state index contributed by atoms with van der Waals surface area (Å²) in [5.41, 5.74) is -0.512. The highest BCUT2D eigenvalue weighted by atomic mass is 35.5. The van der Waals surface area contributed by atoms with Crippen LogP contribution in [0, 0.1) is 0 Å². The summed E-state index contributed by atoms with van der Waals surface area (Å²) >= 11 is 5.87. The standard InChI is InChI=1S/C21H32ClN3O4/c1-21(2,3)29-20(27)23-10-4-5-19(26)25-13-11-24(12-14-25)15-16-28-18-8-6-17(22)7-9-18/h6-9H,4-5,10-16H2,1-3H3,(H,23,27)/p+1. The van der Waals surface area contributed by atoms with Crippen LogP contribution in [-0.2, 0) is 9.53 Å². The summed E-state index contributed by atoms with van der Waals surface area (Å²) < 4.78 is 10.9. The lowest BCUT2D eigenvalue weighted by molar-refractivity contribution is -0.904. The fraction of sp³-hybridized carbons (Fsp3) is 0.619. The number of rotatable bonds is 8. The van der Waals surface area contributed by atoms with E-state index < -0.39 is 11.7 Å². The third kappa shape index (κ3) is 9.37. The summed E-state index contributed by atoms with van der Waals surface area (Å²) in [6.45, 7) is 10.8. The minimum absolute atomic E-state index is 0.146. The van der Waals surface area contributed by atoms with Gasteiger partial charge in [-0.05, 0) is 51.5 Å². The van der Waals surface area contributed by atoms with E-state index in [1.54, 1.807) is 0 Å². The van der Waals surface area contributed by atoms with Gasteiger partial charge in [0.2, 0.25) is 5.91 Å². The Kier molecular flexibility index (Phi) is 9.04. The van der Waals surface area contributed by atoms with Crippen molar-refractivity contribution in [3.8, 4) is 5.75 Å². The van der Waals surface area contributed by atoms with Crippen molar-refractivity contribution in [2.24, 2.45) is 0 Å². The van der Waals surface area contributed by atoms with Crippen molar-refractivity contribution >= 4 is 23.6 Å². The number of alkyl carbamates (subject to hydrolysis) is 1. The molecule has 1 saturated heterocycles. The first-order valence-corrected chi connectivity index (χ1v) is 10.6. The van der Waals surface area contributed by atoms with Crippen molar-refractivity contribution in [1.29, 1.82) is 0 Å². The molecule has 29 heavy (non-hydrogen) atoms. The zero-order chi connectivity index (χ0) is 21.3. The van der Waals surface area contributed by atoms with Crippen LogP contribution in [0.5, 0.6) is 5.75 Å². The fourth-order valence-corrected chi connectivity index (χ4v) is 3.19. The van der Waals surface area contributed by atoms with E-state index in [0.717, 1.165) is 38.5 Å². The lowest BCUT2D eigenvalue weighted by Gasteiger charge is -2.32. The molecule has 2 amide bonds. The van der Waals surface area contributed by atoms with Gasteiger partial charge in [0.25, 0.3) is 0 Å². The number of nitrogens with one attached hydrogen (secondary N) is 2. The molecule has 0 saturated carbocycles. The molecule has 2 rings (SSSR count). The van der Waals surface area contributed by atoms with Gasteiger partial charge < -0.3 is 24.6 Å². The first kappa shape index (κ1) is 23.3. The lowest BCUT2D eigenvalue weighted by atomic mass is 10.2. The molecule has 1 aliphatic rings. The molecule has 0 aliphatic carbocycles. The summed E-state index contributed by atoms with van der Waals surface area (Å²) in [7, 11) is 0. The van der Waals surface area contributed by atoms with Gasteiger partial charge in [-0.2, -0.15) is 0 Å². The van der Waals surface area contributed by atoms with Crippen LogP contribution in [0.2, 0.25) is 5.02 Å². The second kappa shape index (κ2) is 11.3. The highest BCUT2D eigenvalue weighted by molar-refractivity contribution is 6.30. The number of carbonyl (C=O) groups is 2. The van der Waals surface area contributed by atoms with Gasteiger partial charge in [0, 0.05) is 18.0 Å². The Morgan fingerprint density at radius 1 is 1.17 bits per heavy atom. The molecule has 0 bridgehead atoms. The van der Waals surface area contributed by atoms with Crippen LogP contribution in [0.1, 0.15) is 33.6 Å². The summed E-state index contributed by atoms with van der Waals surface area (Å²) in [5, 5.41) is 3.39. The van der Waals surface area contributed by atoms with Gasteiger partial charge in [-0.3, -0.25) is 4.79 Å². The molecule has 1 aliphatic heterocycles.